The Morgan fingerprint density at radius 3 is 2.83 bits per heavy atom. The van der Waals surface area contributed by atoms with Crippen LogP contribution in [0.25, 0.3) is 0 Å². The molecule has 0 amide bonds. The molecule has 0 aliphatic heterocycles. The molecule has 1 saturated carbocycles. The third-order valence-corrected chi connectivity index (χ3v) is 3.63. The van der Waals surface area contributed by atoms with Crippen molar-refractivity contribution < 1.29 is 14.4 Å². The first-order valence-corrected chi connectivity index (χ1v) is 6.33. The first-order valence-electron chi connectivity index (χ1n) is 6.33. The maximum Gasteiger partial charge on any atom is 0.303 e. The fourth-order valence-electron chi connectivity index (χ4n) is 2.27. The molecule has 6 nitrogen and oxygen atoms in total. The molecule has 1 heterocycles. The van der Waals surface area contributed by atoms with Crippen molar-refractivity contribution in [2.45, 2.75) is 51.0 Å². The first-order chi connectivity index (χ1) is 8.49. The summed E-state index contributed by atoms with van der Waals surface area (Å²) in [6.07, 6.45) is 4.09. The van der Waals surface area contributed by atoms with Crippen molar-refractivity contribution in [1.29, 1.82) is 0 Å². The molecule has 2 rings (SSSR count). The van der Waals surface area contributed by atoms with E-state index in [0.29, 0.717) is 17.6 Å². The van der Waals surface area contributed by atoms with Gasteiger partial charge in [-0.05, 0) is 31.6 Å². The lowest BCUT2D eigenvalue weighted by Crippen LogP contribution is -2.41. The maximum atomic E-state index is 10.5. The van der Waals surface area contributed by atoms with Crippen molar-refractivity contribution in [3.63, 3.8) is 0 Å². The fourth-order valence-corrected chi connectivity index (χ4v) is 2.27. The minimum Gasteiger partial charge on any atom is -0.481 e. The molecule has 6 heteroatoms. The van der Waals surface area contributed by atoms with Crippen molar-refractivity contribution >= 4 is 5.97 Å². The molecule has 0 spiro atoms. The number of aliphatic carboxylic acids is 1. The van der Waals surface area contributed by atoms with Gasteiger partial charge in [-0.15, -0.1) is 0 Å². The van der Waals surface area contributed by atoms with Crippen LogP contribution in [0.15, 0.2) is 4.52 Å². The zero-order valence-corrected chi connectivity index (χ0v) is 10.6. The normalized spacial score (nSPS) is 28.2. The standard InChI is InChI=1S/C12H19N3O3/c1-8-4-6-12(13,7-5-8)11-14-9(18-15-11)2-3-10(16)17/h8H,2-7,13H2,1H3,(H,16,17). The van der Waals surface area contributed by atoms with Crippen molar-refractivity contribution in [3.8, 4) is 0 Å². The van der Waals surface area contributed by atoms with Gasteiger partial charge in [-0.25, -0.2) is 0 Å². The maximum absolute atomic E-state index is 10.5. The summed E-state index contributed by atoms with van der Waals surface area (Å²) in [7, 11) is 0. The molecule has 18 heavy (non-hydrogen) atoms. The Balaban J connectivity index is 2.02. The number of hydrogen-bond donors (Lipinski definition) is 2. The van der Waals surface area contributed by atoms with Gasteiger partial charge in [0.05, 0.1) is 12.0 Å². The number of aromatic nitrogens is 2. The number of nitrogens with two attached hydrogens (primary N) is 1. The van der Waals surface area contributed by atoms with Crippen LogP contribution in [0.3, 0.4) is 0 Å². The van der Waals surface area contributed by atoms with Gasteiger partial charge in [-0.2, -0.15) is 4.98 Å². The van der Waals surface area contributed by atoms with Gasteiger partial charge in [0.2, 0.25) is 5.89 Å². The highest BCUT2D eigenvalue weighted by Gasteiger charge is 2.36. The van der Waals surface area contributed by atoms with Crippen molar-refractivity contribution in [3.05, 3.63) is 11.7 Å². The van der Waals surface area contributed by atoms with Gasteiger partial charge in [-0.1, -0.05) is 12.1 Å². The van der Waals surface area contributed by atoms with Crippen LogP contribution in [0.2, 0.25) is 0 Å². The Hall–Kier alpha value is -1.43. The highest BCUT2D eigenvalue weighted by molar-refractivity contribution is 5.66. The highest BCUT2D eigenvalue weighted by atomic mass is 16.5. The predicted molar refractivity (Wildman–Crippen MR) is 63.8 cm³/mol. The van der Waals surface area contributed by atoms with Crippen LogP contribution in [0.4, 0.5) is 0 Å². The van der Waals surface area contributed by atoms with E-state index in [-0.39, 0.29) is 12.8 Å². The lowest BCUT2D eigenvalue weighted by Gasteiger charge is -2.33. The van der Waals surface area contributed by atoms with E-state index in [0.717, 1.165) is 25.7 Å². The molecule has 0 saturated heterocycles. The molecule has 1 aliphatic carbocycles. The molecule has 0 aromatic carbocycles. The van der Waals surface area contributed by atoms with Gasteiger partial charge in [0.15, 0.2) is 5.82 Å². The predicted octanol–water partition coefficient (Wildman–Crippen LogP) is 1.45. The zero-order chi connectivity index (χ0) is 13.2. The summed E-state index contributed by atoms with van der Waals surface area (Å²) in [6.45, 7) is 2.22. The lowest BCUT2D eigenvalue weighted by molar-refractivity contribution is -0.137. The second kappa shape index (κ2) is 5.06. The summed E-state index contributed by atoms with van der Waals surface area (Å²) >= 11 is 0. The van der Waals surface area contributed by atoms with Crippen LogP contribution in [0.5, 0.6) is 0 Å². The molecule has 0 unspecified atom stereocenters. The minimum absolute atomic E-state index is 0.00373. The van der Waals surface area contributed by atoms with E-state index in [9.17, 15) is 4.79 Å². The van der Waals surface area contributed by atoms with Gasteiger partial charge in [0, 0.05) is 6.42 Å². The number of carboxylic acids is 1. The van der Waals surface area contributed by atoms with Crippen LogP contribution < -0.4 is 5.73 Å². The SMILES string of the molecule is CC1CCC(N)(c2noc(CCC(=O)O)n2)CC1. The van der Waals surface area contributed by atoms with Crippen molar-refractivity contribution in [2.75, 3.05) is 0 Å². The van der Waals surface area contributed by atoms with E-state index in [4.69, 9.17) is 15.4 Å². The van der Waals surface area contributed by atoms with Crippen LogP contribution in [0.1, 0.15) is 50.7 Å². The molecule has 1 aliphatic rings. The van der Waals surface area contributed by atoms with Crippen molar-refractivity contribution in [1.82, 2.24) is 10.1 Å². The molecule has 100 valence electrons. The Labute approximate surface area is 106 Å². The highest BCUT2D eigenvalue weighted by Crippen LogP contribution is 2.35. The Morgan fingerprint density at radius 2 is 2.22 bits per heavy atom. The Bertz CT molecular complexity index is 422. The van der Waals surface area contributed by atoms with E-state index in [1.807, 2.05) is 0 Å². The molecule has 0 atom stereocenters. The van der Waals surface area contributed by atoms with Crippen LogP contribution in [-0.2, 0) is 16.8 Å². The van der Waals surface area contributed by atoms with Gasteiger partial charge < -0.3 is 15.4 Å². The van der Waals surface area contributed by atoms with Gasteiger partial charge in [0.1, 0.15) is 0 Å². The summed E-state index contributed by atoms with van der Waals surface area (Å²) in [4.78, 5) is 14.7. The average Bonchev–Trinajstić information content (AvgIpc) is 2.80. The van der Waals surface area contributed by atoms with Crippen LogP contribution in [0, 0.1) is 5.92 Å². The summed E-state index contributed by atoms with van der Waals surface area (Å²) in [5.74, 6) is 0.703. The number of carbonyl (C=O) groups is 1. The zero-order valence-electron chi connectivity index (χ0n) is 10.6. The molecular weight excluding hydrogens is 234 g/mol. The summed E-state index contributed by atoms with van der Waals surface area (Å²) < 4.78 is 5.06. The smallest absolute Gasteiger partial charge is 0.303 e. The average molecular weight is 253 g/mol. The topological polar surface area (TPSA) is 102 Å². The monoisotopic (exact) mass is 253 g/mol. The Kier molecular flexibility index (Phi) is 3.65. The summed E-state index contributed by atoms with van der Waals surface area (Å²) in [5.41, 5.74) is 5.81. The summed E-state index contributed by atoms with van der Waals surface area (Å²) in [6, 6.07) is 0. The molecular formula is C12H19N3O3. The molecule has 1 aromatic heterocycles. The van der Waals surface area contributed by atoms with Crippen LogP contribution in [-0.4, -0.2) is 21.2 Å². The Morgan fingerprint density at radius 1 is 1.56 bits per heavy atom. The van der Waals surface area contributed by atoms with Crippen molar-refractivity contribution in [2.24, 2.45) is 11.7 Å². The molecule has 1 fully saturated rings. The van der Waals surface area contributed by atoms with E-state index >= 15 is 0 Å². The van der Waals surface area contributed by atoms with E-state index < -0.39 is 11.5 Å². The molecule has 0 bridgehead atoms. The second-order valence-electron chi connectivity index (χ2n) is 5.24. The number of carboxylic acid groups (broad SMARTS) is 1. The number of hydrogen-bond acceptors (Lipinski definition) is 5. The van der Waals surface area contributed by atoms with E-state index in [2.05, 4.69) is 17.1 Å². The number of rotatable bonds is 4. The molecule has 1 aromatic rings. The third kappa shape index (κ3) is 2.87. The van der Waals surface area contributed by atoms with E-state index in [1.54, 1.807) is 0 Å². The fraction of sp³-hybridized carbons (Fsp3) is 0.750. The largest absolute Gasteiger partial charge is 0.481 e. The lowest BCUT2D eigenvalue weighted by atomic mass is 9.77. The number of aryl methyl sites for hydroxylation is 1. The quantitative estimate of drug-likeness (QED) is 0.842. The molecule has 3 N–H and O–H groups in total. The van der Waals surface area contributed by atoms with Gasteiger partial charge in [0.25, 0.3) is 0 Å². The van der Waals surface area contributed by atoms with Gasteiger partial charge in [-0.3, -0.25) is 4.79 Å². The first kappa shape index (κ1) is 13.0. The molecule has 0 radical (unpaired) electrons. The third-order valence-electron chi connectivity index (χ3n) is 3.63. The second-order valence-corrected chi connectivity index (χ2v) is 5.24. The number of nitrogens with zero attached hydrogens (tertiary/aromatic N) is 2. The van der Waals surface area contributed by atoms with Gasteiger partial charge >= 0.3 is 5.97 Å². The van der Waals surface area contributed by atoms with Crippen LogP contribution >= 0.6 is 0 Å². The minimum atomic E-state index is -0.872. The summed E-state index contributed by atoms with van der Waals surface area (Å²) in [5, 5.41) is 12.5. The van der Waals surface area contributed by atoms with E-state index in [1.165, 1.54) is 0 Å².